The van der Waals surface area contributed by atoms with Crippen LogP contribution >= 0.6 is 0 Å². The number of nitro benzene ring substituents is 2. The molecule has 0 unspecified atom stereocenters. The van der Waals surface area contributed by atoms with Crippen molar-refractivity contribution in [2.75, 3.05) is 0 Å². The largest absolute Gasteiger partial charge is 0.283 e. The maximum atomic E-state index is 11.7. The SMILES string of the molecule is CC[C@]1(C)c2c(cc([N+](=O)[O-])c(C)c2[N+](=O)[O-])C(C)(C)[C@H]1C. The van der Waals surface area contributed by atoms with E-state index in [-0.39, 0.29) is 33.7 Å². The Balaban J connectivity index is 3.01. The van der Waals surface area contributed by atoms with Gasteiger partial charge in [-0.05, 0) is 30.2 Å². The molecule has 0 amide bonds. The van der Waals surface area contributed by atoms with E-state index in [1.54, 1.807) is 6.07 Å². The summed E-state index contributed by atoms with van der Waals surface area (Å²) in [6.07, 6.45) is 0.753. The Morgan fingerprint density at radius 3 is 2.14 bits per heavy atom. The van der Waals surface area contributed by atoms with Crippen LogP contribution in [0.15, 0.2) is 6.07 Å². The fourth-order valence-electron chi connectivity index (χ4n) is 3.99. The fraction of sp³-hybridized carbons (Fsp3) is 0.625. The molecule has 120 valence electrons. The molecule has 1 aromatic rings. The van der Waals surface area contributed by atoms with Crippen molar-refractivity contribution in [2.24, 2.45) is 5.92 Å². The van der Waals surface area contributed by atoms with Crippen molar-refractivity contribution >= 4 is 11.4 Å². The molecule has 6 nitrogen and oxygen atoms in total. The Bertz CT molecular complexity index is 681. The van der Waals surface area contributed by atoms with Crippen molar-refractivity contribution in [1.82, 2.24) is 0 Å². The molecule has 0 aromatic heterocycles. The van der Waals surface area contributed by atoms with Gasteiger partial charge in [-0.15, -0.1) is 0 Å². The van der Waals surface area contributed by atoms with Crippen LogP contribution in [0.2, 0.25) is 0 Å². The van der Waals surface area contributed by atoms with Crippen molar-refractivity contribution in [1.29, 1.82) is 0 Å². The predicted octanol–water partition coefficient (Wildman–Crippen LogP) is 4.41. The highest BCUT2D eigenvalue weighted by atomic mass is 16.6. The summed E-state index contributed by atoms with van der Waals surface area (Å²) < 4.78 is 0. The lowest BCUT2D eigenvalue weighted by molar-refractivity contribution is -0.396. The molecule has 0 saturated heterocycles. The van der Waals surface area contributed by atoms with Gasteiger partial charge in [0.25, 0.3) is 11.4 Å². The zero-order valence-electron chi connectivity index (χ0n) is 13.9. The number of fused-ring (bicyclic) bond motifs is 1. The van der Waals surface area contributed by atoms with Crippen LogP contribution in [-0.2, 0) is 10.8 Å². The van der Waals surface area contributed by atoms with Crippen LogP contribution in [0.5, 0.6) is 0 Å². The molecule has 1 aliphatic rings. The number of hydrogen-bond acceptors (Lipinski definition) is 4. The molecule has 0 heterocycles. The quantitative estimate of drug-likeness (QED) is 0.611. The van der Waals surface area contributed by atoms with Crippen LogP contribution < -0.4 is 0 Å². The molecule has 0 radical (unpaired) electrons. The Morgan fingerprint density at radius 2 is 1.73 bits per heavy atom. The Kier molecular flexibility index (Phi) is 3.55. The molecular formula is C16H22N2O4. The molecular weight excluding hydrogens is 284 g/mol. The van der Waals surface area contributed by atoms with Gasteiger partial charge in [0.2, 0.25) is 0 Å². The number of nitrogens with zero attached hydrogens (tertiary/aromatic N) is 2. The lowest BCUT2D eigenvalue weighted by Gasteiger charge is -2.34. The van der Waals surface area contributed by atoms with E-state index in [2.05, 4.69) is 6.92 Å². The standard InChI is InChI=1S/C16H22N2O4/c1-7-16(6)10(3)15(4,5)11-8-12(17(19)20)9(2)14(13(11)16)18(21)22/h8,10H,7H2,1-6H3/t10-,16+/m1/s1. The van der Waals surface area contributed by atoms with Crippen LogP contribution in [0.4, 0.5) is 11.4 Å². The third-order valence-corrected chi connectivity index (χ3v) is 5.94. The molecule has 1 aromatic carbocycles. The van der Waals surface area contributed by atoms with E-state index < -0.39 is 9.85 Å². The Labute approximate surface area is 129 Å². The molecule has 0 spiro atoms. The van der Waals surface area contributed by atoms with Gasteiger partial charge >= 0.3 is 0 Å². The minimum atomic E-state index is -0.523. The smallest absolute Gasteiger partial charge is 0.258 e. The van der Waals surface area contributed by atoms with Gasteiger partial charge < -0.3 is 0 Å². The van der Waals surface area contributed by atoms with Crippen LogP contribution in [0, 0.1) is 33.1 Å². The van der Waals surface area contributed by atoms with Gasteiger partial charge in [-0.25, -0.2) is 0 Å². The van der Waals surface area contributed by atoms with Gasteiger partial charge in [0.1, 0.15) is 5.56 Å². The van der Waals surface area contributed by atoms with Gasteiger partial charge in [-0.2, -0.15) is 0 Å². The molecule has 22 heavy (non-hydrogen) atoms. The highest BCUT2D eigenvalue weighted by molar-refractivity contribution is 5.67. The van der Waals surface area contributed by atoms with Crippen LogP contribution in [-0.4, -0.2) is 9.85 Å². The number of benzene rings is 1. The zero-order chi connectivity index (χ0) is 17.0. The maximum absolute atomic E-state index is 11.7. The van der Waals surface area contributed by atoms with E-state index in [1.807, 2.05) is 27.7 Å². The first-order valence-corrected chi connectivity index (χ1v) is 7.47. The van der Waals surface area contributed by atoms with Crippen LogP contribution in [0.3, 0.4) is 0 Å². The Hall–Kier alpha value is -1.98. The first-order valence-electron chi connectivity index (χ1n) is 7.47. The summed E-state index contributed by atoms with van der Waals surface area (Å²) in [5.41, 5.74) is 0.633. The number of nitro groups is 2. The second-order valence-corrected chi connectivity index (χ2v) is 7.02. The lowest BCUT2D eigenvalue weighted by atomic mass is 9.69. The number of hydrogen-bond donors (Lipinski definition) is 0. The van der Waals surface area contributed by atoms with Gasteiger partial charge in [0.15, 0.2) is 0 Å². The van der Waals surface area contributed by atoms with Gasteiger partial charge in [-0.3, -0.25) is 20.2 Å². The fourth-order valence-corrected chi connectivity index (χ4v) is 3.99. The van der Waals surface area contributed by atoms with Crippen LogP contribution in [0.25, 0.3) is 0 Å². The highest BCUT2D eigenvalue weighted by Gasteiger charge is 2.55. The maximum Gasteiger partial charge on any atom is 0.283 e. The van der Waals surface area contributed by atoms with Crippen LogP contribution in [0.1, 0.15) is 57.7 Å². The summed E-state index contributed by atoms with van der Waals surface area (Å²) in [4.78, 5) is 22.0. The molecule has 1 aliphatic carbocycles. The second-order valence-electron chi connectivity index (χ2n) is 7.02. The molecule has 0 bridgehead atoms. The average molecular weight is 306 g/mol. The van der Waals surface area contributed by atoms with E-state index >= 15 is 0 Å². The van der Waals surface area contributed by atoms with E-state index in [4.69, 9.17) is 0 Å². The van der Waals surface area contributed by atoms with Gasteiger partial charge in [0.05, 0.1) is 9.85 Å². The third-order valence-electron chi connectivity index (χ3n) is 5.94. The van der Waals surface area contributed by atoms with Gasteiger partial charge in [0, 0.05) is 17.0 Å². The lowest BCUT2D eigenvalue weighted by Crippen LogP contribution is -2.33. The summed E-state index contributed by atoms with van der Waals surface area (Å²) in [7, 11) is 0. The van der Waals surface area contributed by atoms with Gasteiger partial charge in [-0.1, -0.05) is 34.6 Å². The second kappa shape index (κ2) is 4.76. The van der Waals surface area contributed by atoms with E-state index in [0.29, 0.717) is 5.56 Å². The summed E-state index contributed by atoms with van der Waals surface area (Å²) in [6.45, 7) is 11.6. The first-order chi connectivity index (χ1) is 10.00. The molecule has 0 aliphatic heterocycles. The summed E-state index contributed by atoms with van der Waals surface area (Å²) in [5, 5.41) is 23.0. The van der Waals surface area contributed by atoms with E-state index in [9.17, 15) is 20.2 Å². The van der Waals surface area contributed by atoms with E-state index in [1.165, 1.54) is 6.92 Å². The highest BCUT2D eigenvalue weighted by Crippen LogP contribution is 2.59. The van der Waals surface area contributed by atoms with Crippen molar-refractivity contribution < 1.29 is 9.85 Å². The van der Waals surface area contributed by atoms with Crippen molar-refractivity contribution in [2.45, 2.75) is 58.8 Å². The van der Waals surface area contributed by atoms with Crippen molar-refractivity contribution in [3.8, 4) is 0 Å². The minimum absolute atomic E-state index is 0.0778. The summed E-state index contributed by atoms with van der Waals surface area (Å²) in [6, 6.07) is 1.55. The van der Waals surface area contributed by atoms with Crippen molar-refractivity contribution in [3.05, 3.63) is 43.0 Å². The number of rotatable bonds is 3. The molecule has 0 N–H and O–H groups in total. The average Bonchev–Trinajstić information content (AvgIpc) is 2.57. The molecule has 2 rings (SSSR count). The molecule has 0 fully saturated rings. The topological polar surface area (TPSA) is 86.3 Å². The van der Waals surface area contributed by atoms with Crippen molar-refractivity contribution in [3.63, 3.8) is 0 Å². The predicted molar refractivity (Wildman–Crippen MR) is 84.3 cm³/mol. The molecule has 2 atom stereocenters. The Morgan fingerprint density at radius 1 is 1.18 bits per heavy atom. The minimum Gasteiger partial charge on any atom is -0.258 e. The van der Waals surface area contributed by atoms with E-state index in [0.717, 1.165) is 12.0 Å². The summed E-state index contributed by atoms with van der Waals surface area (Å²) in [5.74, 6) is 0.153. The normalized spacial score (nSPS) is 25.8. The monoisotopic (exact) mass is 306 g/mol. The molecule has 6 heteroatoms. The zero-order valence-corrected chi connectivity index (χ0v) is 13.9. The first kappa shape index (κ1) is 16.4. The molecule has 0 saturated carbocycles. The summed E-state index contributed by atoms with van der Waals surface area (Å²) >= 11 is 0. The third kappa shape index (κ3) is 1.86.